The van der Waals surface area contributed by atoms with E-state index in [0.29, 0.717) is 36.8 Å². The summed E-state index contributed by atoms with van der Waals surface area (Å²) in [5.41, 5.74) is 2.22. The van der Waals surface area contributed by atoms with Crippen LogP contribution >= 0.6 is 0 Å². The minimum atomic E-state index is -0.331. The molecule has 184 valence electrons. The molecule has 1 aromatic heterocycles. The van der Waals surface area contributed by atoms with Crippen LogP contribution in [0, 0.1) is 12.8 Å². The maximum Gasteiger partial charge on any atom is 0.410 e. The molecule has 2 heterocycles. The zero-order valence-corrected chi connectivity index (χ0v) is 20.0. The zero-order valence-electron chi connectivity index (χ0n) is 20.0. The van der Waals surface area contributed by atoms with Crippen LogP contribution in [-0.4, -0.2) is 61.6 Å². The van der Waals surface area contributed by atoms with Crippen molar-refractivity contribution < 1.29 is 33.1 Å². The average Bonchev–Trinajstić information content (AvgIpc) is 3.52. The van der Waals surface area contributed by atoms with Crippen molar-refractivity contribution in [1.82, 2.24) is 10.1 Å². The van der Waals surface area contributed by atoms with Crippen molar-refractivity contribution in [3.8, 4) is 17.1 Å². The lowest BCUT2D eigenvalue weighted by Gasteiger charge is -2.28. The van der Waals surface area contributed by atoms with Gasteiger partial charge in [0, 0.05) is 25.1 Å². The molecule has 1 aromatic carbocycles. The van der Waals surface area contributed by atoms with Gasteiger partial charge in [0.2, 0.25) is 0 Å². The summed E-state index contributed by atoms with van der Waals surface area (Å²) in [6, 6.07) is 7.65. The molecule has 4 rings (SSSR count). The van der Waals surface area contributed by atoms with E-state index in [2.05, 4.69) is 5.16 Å². The van der Waals surface area contributed by atoms with Crippen molar-refractivity contribution >= 4 is 12.1 Å². The lowest BCUT2D eigenvalue weighted by molar-refractivity contribution is -0.152. The fourth-order valence-electron chi connectivity index (χ4n) is 4.55. The third-order valence-electron chi connectivity index (χ3n) is 6.61. The van der Waals surface area contributed by atoms with E-state index in [-0.39, 0.29) is 36.7 Å². The largest absolute Gasteiger partial charge is 0.488 e. The maximum absolute atomic E-state index is 12.5. The number of nitrogens with zero attached hydrogens (tertiary/aromatic N) is 2. The molecule has 2 atom stereocenters. The van der Waals surface area contributed by atoms with Gasteiger partial charge in [-0.1, -0.05) is 18.0 Å². The van der Waals surface area contributed by atoms with Gasteiger partial charge < -0.3 is 28.4 Å². The van der Waals surface area contributed by atoms with Crippen molar-refractivity contribution in [2.24, 2.45) is 5.92 Å². The van der Waals surface area contributed by atoms with Gasteiger partial charge in [0.25, 0.3) is 0 Å². The molecule has 0 bridgehead atoms. The lowest BCUT2D eigenvalue weighted by atomic mass is 10.0. The van der Waals surface area contributed by atoms with Gasteiger partial charge in [-0.2, -0.15) is 0 Å². The highest BCUT2D eigenvalue weighted by molar-refractivity contribution is 5.72. The van der Waals surface area contributed by atoms with Crippen LogP contribution in [0.2, 0.25) is 0 Å². The van der Waals surface area contributed by atoms with E-state index in [1.807, 2.05) is 31.2 Å². The molecule has 1 aliphatic carbocycles. The number of amides is 1. The SMILES string of the molecule is COC(=O)C1COCC(Oc2ccc(-c3onc(C)c3COC(=O)N(C)C3CCCC3)cc2)C1. The summed E-state index contributed by atoms with van der Waals surface area (Å²) in [5.74, 6) is 0.613. The van der Waals surface area contributed by atoms with E-state index in [4.69, 9.17) is 23.5 Å². The molecular weight excluding hydrogens is 440 g/mol. The number of hydrogen-bond donors (Lipinski definition) is 0. The fraction of sp³-hybridized carbons (Fsp3) is 0.560. The van der Waals surface area contributed by atoms with Crippen LogP contribution in [0.4, 0.5) is 4.79 Å². The van der Waals surface area contributed by atoms with Crippen LogP contribution in [0.1, 0.15) is 43.4 Å². The van der Waals surface area contributed by atoms with E-state index in [9.17, 15) is 9.59 Å². The number of benzene rings is 1. The van der Waals surface area contributed by atoms with Crippen molar-refractivity contribution in [2.45, 2.75) is 57.8 Å². The van der Waals surface area contributed by atoms with E-state index < -0.39 is 0 Å². The molecule has 1 saturated heterocycles. The maximum atomic E-state index is 12.5. The van der Waals surface area contributed by atoms with Crippen LogP contribution in [0.3, 0.4) is 0 Å². The van der Waals surface area contributed by atoms with E-state index >= 15 is 0 Å². The molecule has 2 aliphatic rings. The Morgan fingerprint density at radius 2 is 1.88 bits per heavy atom. The Morgan fingerprint density at radius 1 is 1.15 bits per heavy atom. The van der Waals surface area contributed by atoms with Gasteiger partial charge in [-0.25, -0.2) is 4.79 Å². The summed E-state index contributed by atoms with van der Waals surface area (Å²) >= 11 is 0. The number of hydrogen-bond acceptors (Lipinski definition) is 8. The Balaban J connectivity index is 1.37. The predicted octanol–water partition coefficient (Wildman–Crippen LogP) is 4.12. The lowest BCUT2D eigenvalue weighted by Crippen LogP contribution is -2.37. The molecule has 0 spiro atoms. The normalized spacial score (nSPS) is 20.7. The Labute approximate surface area is 199 Å². The van der Waals surface area contributed by atoms with Crippen LogP contribution < -0.4 is 4.74 Å². The second-order valence-electron chi connectivity index (χ2n) is 8.94. The first kappa shape index (κ1) is 24.1. The minimum absolute atomic E-state index is 0.0904. The van der Waals surface area contributed by atoms with Crippen molar-refractivity contribution in [3.05, 3.63) is 35.5 Å². The number of ether oxygens (including phenoxy) is 4. The molecule has 2 fully saturated rings. The second kappa shape index (κ2) is 10.9. The average molecular weight is 473 g/mol. The van der Waals surface area contributed by atoms with Gasteiger partial charge in [0.15, 0.2) is 5.76 Å². The molecule has 1 saturated carbocycles. The van der Waals surface area contributed by atoms with E-state index in [1.165, 1.54) is 7.11 Å². The molecule has 9 nitrogen and oxygen atoms in total. The topological polar surface area (TPSA) is 100 Å². The summed E-state index contributed by atoms with van der Waals surface area (Å²) in [6.45, 7) is 2.68. The highest BCUT2D eigenvalue weighted by Crippen LogP contribution is 2.30. The first-order valence-electron chi connectivity index (χ1n) is 11.7. The number of aromatic nitrogens is 1. The van der Waals surface area contributed by atoms with Gasteiger partial charge in [-0.05, 0) is 44.0 Å². The zero-order chi connectivity index (χ0) is 24.1. The van der Waals surface area contributed by atoms with Crippen LogP contribution in [0.5, 0.6) is 5.75 Å². The van der Waals surface area contributed by atoms with Crippen molar-refractivity contribution in [1.29, 1.82) is 0 Å². The standard InChI is InChI=1S/C25H32N2O7/c1-16-22(15-32-25(29)27(2)19-6-4-5-7-19)23(34-26-16)17-8-10-20(11-9-17)33-21-12-18(13-31-14-21)24(28)30-3/h8-11,18-19,21H,4-7,12-15H2,1-3H3. The summed E-state index contributed by atoms with van der Waals surface area (Å²) < 4.78 is 27.5. The molecule has 9 heteroatoms. The third-order valence-corrected chi connectivity index (χ3v) is 6.61. The fourth-order valence-corrected chi connectivity index (χ4v) is 4.55. The Bertz CT molecular complexity index is 982. The highest BCUT2D eigenvalue weighted by Gasteiger charge is 2.30. The summed E-state index contributed by atoms with van der Waals surface area (Å²) in [4.78, 5) is 26.0. The molecule has 0 radical (unpaired) electrons. The Morgan fingerprint density at radius 3 is 2.59 bits per heavy atom. The molecule has 34 heavy (non-hydrogen) atoms. The second-order valence-corrected chi connectivity index (χ2v) is 8.94. The van der Waals surface area contributed by atoms with E-state index in [1.54, 1.807) is 11.9 Å². The number of aryl methyl sites for hydroxylation is 1. The summed E-state index contributed by atoms with van der Waals surface area (Å²) in [6.07, 6.45) is 4.32. The third kappa shape index (κ3) is 5.52. The first-order valence-corrected chi connectivity index (χ1v) is 11.7. The number of methoxy groups -OCH3 is 1. The number of carbonyl (C=O) groups is 2. The van der Waals surface area contributed by atoms with Gasteiger partial charge >= 0.3 is 12.1 Å². The molecular formula is C25H32N2O7. The number of esters is 1. The monoisotopic (exact) mass is 472 g/mol. The van der Waals surface area contributed by atoms with E-state index in [0.717, 1.165) is 36.8 Å². The molecule has 0 N–H and O–H groups in total. The summed E-state index contributed by atoms with van der Waals surface area (Å²) in [7, 11) is 3.17. The molecule has 1 amide bonds. The van der Waals surface area contributed by atoms with Crippen molar-refractivity contribution in [3.63, 3.8) is 0 Å². The van der Waals surface area contributed by atoms with Crippen LogP contribution in [-0.2, 0) is 25.6 Å². The Hall–Kier alpha value is -3.07. The van der Waals surface area contributed by atoms with Gasteiger partial charge in [0.1, 0.15) is 18.5 Å². The van der Waals surface area contributed by atoms with Crippen LogP contribution in [0.25, 0.3) is 11.3 Å². The van der Waals surface area contributed by atoms with Gasteiger partial charge in [0.05, 0.1) is 37.5 Å². The molecule has 1 aliphatic heterocycles. The van der Waals surface area contributed by atoms with Crippen LogP contribution in [0.15, 0.2) is 28.8 Å². The number of carbonyl (C=O) groups excluding carboxylic acids is 2. The molecule has 2 unspecified atom stereocenters. The number of rotatable bonds is 7. The quantitative estimate of drug-likeness (QED) is 0.555. The first-order chi connectivity index (χ1) is 16.5. The smallest absolute Gasteiger partial charge is 0.410 e. The molecule has 2 aromatic rings. The summed E-state index contributed by atoms with van der Waals surface area (Å²) in [5, 5.41) is 4.07. The predicted molar refractivity (Wildman–Crippen MR) is 122 cm³/mol. The van der Waals surface area contributed by atoms with Gasteiger partial charge in [-0.15, -0.1) is 0 Å². The van der Waals surface area contributed by atoms with Crippen molar-refractivity contribution in [2.75, 3.05) is 27.4 Å². The van der Waals surface area contributed by atoms with Gasteiger partial charge in [-0.3, -0.25) is 4.79 Å². The Kier molecular flexibility index (Phi) is 7.72. The minimum Gasteiger partial charge on any atom is -0.488 e. The highest BCUT2D eigenvalue weighted by atomic mass is 16.6.